The van der Waals surface area contributed by atoms with Crippen LogP contribution in [0.15, 0.2) is 12.3 Å². The monoisotopic (exact) mass is 317 g/mol. The van der Waals surface area contributed by atoms with Crippen LogP contribution >= 0.6 is 0 Å². The number of nitrogens with zero attached hydrogens (tertiary/aromatic N) is 1. The summed E-state index contributed by atoms with van der Waals surface area (Å²) in [5, 5.41) is 0. The SMILES string of the molecule is COCCOCCCOc1ccnc(CS(C)(=O)=O)c1C. The van der Waals surface area contributed by atoms with Crippen LogP contribution in [0.1, 0.15) is 17.7 Å². The molecule has 0 aliphatic heterocycles. The van der Waals surface area contributed by atoms with Gasteiger partial charge in [-0.2, -0.15) is 0 Å². The lowest BCUT2D eigenvalue weighted by atomic mass is 10.2. The third kappa shape index (κ3) is 7.40. The van der Waals surface area contributed by atoms with Crippen LogP contribution in [-0.4, -0.2) is 53.2 Å². The smallest absolute Gasteiger partial charge is 0.153 e. The predicted molar refractivity (Wildman–Crippen MR) is 80.3 cm³/mol. The maximum Gasteiger partial charge on any atom is 0.153 e. The summed E-state index contributed by atoms with van der Waals surface area (Å²) >= 11 is 0. The second kappa shape index (κ2) is 8.96. The molecule has 0 spiro atoms. The molecule has 7 heteroatoms. The summed E-state index contributed by atoms with van der Waals surface area (Å²) in [5.74, 6) is 0.594. The van der Waals surface area contributed by atoms with E-state index >= 15 is 0 Å². The van der Waals surface area contributed by atoms with Gasteiger partial charge in [-0.25, -0.2) is 8.42 Å². The molecule has 1 heterocycles. The molecule has 6 nitrogen and oxygen atoms in total. The number of methoxy groups -OCH3 is 1. The first-order chi connectivity index (χ1) is 9.94. The van der Waals surface area contributed by atoms with Gasteiger partial charge in [-0.05, 0) is 13.0 Å². The number of rotatable bonds is 10. The lowest BCUT2D eigenvalue weighted by molar-refractivity contribution is 0.0644. The van der Waals surface area contributed by atoms with Crippen molar-refractivity contribution in [2.75, 3.05) is 39.8 Å². The van der Waals surface area contributed by atoms with Crippen LogP contribution in [0.4, 0.5) is 0 Å². The number of sulfone groups is 1. The van der Waals surface area contributed by atoms with Crippen molar-refractivity contribution < 1.29 is 22.6 Å². The Kier molecular flexibility index (Phi) is 7.63. The van der Waals surface area contributed by atoms with Crippen LogP contribution in [0.5, 0.6) is 5.75 Å². The Labute approximate surface area is 126 Å². The van der Waals surface area contributed by atoms with Gasteiger partial charge in [-0.15, -0.1) is 0 Å². The highest BCUT2D eigenvalue weighted by Crippen LogP contribution is 2.21. The van der Waals surface area contributed by atoms with Crippen molar-refractivity contribution in [1.82, 2.24) is 4.98 Å². The highest BCUT2D eigenvalue weighted by atomic mass is 32.2. The van der Waals surface area contributed by atoms with Crippen molar-refractivity contribution in [2.24, 2.45) is 0 Å². The number of hydrogen-bond acceptors (Lipinski definition) is 6. The third-order valence-electron chi connectivity index (χ3n) is 2.78. The van der Waals surface area contributed by atoms with Crippen molar-refractivity contribution in [3.63, 3.8) is 0 Å². The summed E-state index contributed by atoms with van der Waals surface area (Å²) in [4.78, 5) is 4.10. The maximum atomic E-state index is 11.3. The normalized spacial score (nSPS) is 11.6. The first-order valence-electron chi connectivity index (χ1n) is 6.75. The Hall–Kier alpha value is -1.18. The van der Waals surface area contributed by atoms with E-state index in [1.165, 1.54) is 6.26 Å². The Morgan fingerprint density at radius 1 is 1.19 bits per heavy atom. The average Bonchev–Trinajstić information content (AvgIpc) is 2.40. The van der Waals surface area contributed by atoms with Crippen molar-refractivity contribution in [3.8, 4) is 5.75 Å². The molecular weight excluding hydrogens is 294 g/mol. The summed E-state index contributed by atoms with van der Waals surface area (Å²) in [6.07, 6.45) is 3.52. The topological polar surface area (TPSA) is 74.7 Å². The zero-order valence-electron chi connectivity index (χ0n) is 12.8. The van der Waals surface area contributed by atoms with Gasteiger partial charge in [0.05, 0.1) is 31.3 Å². The van der Waals surface area contributed by atoms with Crippen molar-refractivity contribution in [2.45, 2.75) is 19.1 Å². The molecule has 0 saturated carbocycles. The standard InChI is InChI=1S/C14H23NO5S/c1-12-13(11-21(3,16)17)15-6-5-14(12)20-8-4-7-19-10-9-18-2/h5-6H,4,7-11H2,1-3H3. The van der Waals surface area contributed by atoms with Gasteiger partial charge in [0.1, 0.15) is 5.75 Å². The lowest BCUT2D eigenvalue weighted by Gasteiger charge is -2.11. The minimum atomic E-state index is -3.10. The maximum absolute atomic E-state index is 11.3. The molecule has 21 heavy (non-hydrogen) atoms. The molecule has 0 radical (unpaired) electrons. The van der Waals surface area contributed by atoms with E-state index in [2.05, 4.69) is 4.98 Å². The van der Waals surface area contributed by atoms with E-state index in [4.69, 9.17) is 14.2 Å². The van der Waals surface area contributed by atoms with E-state index in [1.807, 2.05) is 6.92 Å². The summed E-state index contributed by atoms with van der Waals surface area (Å²) in [6, 6.07) is 1.74. The average molecular weight is 317 g/mol. The van der Waals surface area contributed by atoms with Crippen molar-refractivity contribution in [3.05, 3.63) is 23.5 Å². The van der Waals surface area contributed by atoms with Gasteiger partial charge in [0, 0.05) is 38.2 Å². The van der Waals surface area contributed by atoms with E-state index in [1.54, 1.807) is 19.4 Å². The molecule has 0 N–H and O–H groups in total. The minimum Gasteiger partial charge on any atom is -0.493 e. The van der Waals surface area contributed by atoms with Crippen molar-refractivity contribution >= 4 is 9.84 Å². The molecule has 0 aromatic carbocycles. The van der Waals surface area contributed by atoms with Crippen molar-refractivity contribution in [1.29, 1.82) is 0 Å². The quantitative estimate of drug-likeness (QED) is 0.607. The molecular formula is C14H23NO5S. The first kappa shape index (κ1) is 17.9. The van der Waals surface area contributed by atoms with Gasteiger partial charge < -0.3 is 14.2 Å². The Morgan fingerprint density at radius 3 is 2.62 bits per heavy atom. The number of aromatic nitrogens is 1. The molecule has 0 amide bonds. The first-order valence-corrected chi connectivity index (χ1v) is 8.82. The molecule has 0 bridgehead atoms. The van der Waals surface area contributed by atoms with Gasteiger partial charge >= 0.3 is 0 Å². The molecule has 0 saturated heterocycles. The van der Waals surface area contributed by atoms with Gasteiger partial charge in [0.15, 0.2) is 9.84 Å². The molecule has 1 aromatic rings. The van der Waals surface area contributed by atoms with Crippen LogP contribution in [0, 0.1) is 6.92 Å². The fourth-order valence-corrected chi connectivity index (χ4v) is 2.48. The van der Waals surface area contributed by atoms with Crippen LogP contribution < -0.4 is 4.74 Å². The molecule has 1 rings (SSSR count). The van der Waals surface area contributed by atoms with E-state index in [9.17, 15) is 8.42 Å². The molecule has 0 atom stereocenters. The zero-order valence-corrected chi connectivity index (χ0v) is 13.6. The van der Waals surface area contributed by atoms with Crippen LogP contribution in [0.3, 0.4) is 0 Å². The van der Waals surface area contributed by atoms with E-state index in [0.29, 0.717) is 37.9 Å². The highest BCUT2D eigenvalue weighted by Gasteiger charge is 2.12. The molecule has 0 aliphatic rings. The van der Waals surface area contributed by atoms with Gasteiger partial charge in [0.25, 0.3) is 0 Å². The largest absolute Gasteiger partial charge is 0.493 e. The van der Waals surface area contributed by atoms with E-state index in [0.717, 1.165) is 12.0 Å². The minimum absolute atomic E-state index is 0.0733. The second-order valence-electron chi connectivity index (χ2n) is 4.76. The van der Waals surface area contributed by atoms with Gasteiger partial charge in [-0.3, -0.25) is 4.98 Å². The third-order valence-corrected chi connectivity index (χ3v) is 3.58. The molecule has 0 aliphatic carbocycles. The Balaban J connectivity index is 2.43. The van der Waals surface area contributed by atoms with Crippen LogP contribution in [-0.2, 0) is 25.1 Å². The molecule has 0 fully saturated rings. The second-order valence-corrected chi connectivity index (χ2v) is 6.90. The summed E-state index contributed by atoms with van der Waals surface area (Å²) in [7, 11) is -1.47. The predicted octanol–water partition coefficient (Wildman–Crippen LogP) is 1.37. The summed E-state index contributed by atoms with van der Waals surface area (Å²) < 4.78 is 38.5. The summed E-state index contributed by atoms with van der Waals surface area (Å²) in [5.41, 5.74) is 1.30. The molecule has 0 unspecified atom stereocenters. The summed E-state index contributed by atoms with van der Waals surface area (Å²) in [6.45, 7) is 4.08. The molecule has 120 valence electrons. The van der Waals surface area contributed by atoms with Gasteiger partial charge in [0.2, 0.25) is 0 Å². The van der Waals surface area contributed by atoms with Crippen LogP contribution in [0.2, 0.25) is 0 Å². The van der Waals surface area contributed by atoms with Gasteiger partial charge in [-0.1, -0.05) is 0 Å². The number of pyridine rings is 1. The van der Waals surface area contributed by atoms with E-state index < -0.39 is 9.84 Å². The van der Waals surface area contributed by atoms with E-state index in [-0.39, 0.29) is 5.75 Å². The Morgan fingerprint density at radius 2 is 1.95 bits per heavy atom. The highest BCUT2D eigenvalue weighted by molar-refractivity contribution is 7.89. The van der Waals surface area contributed by atoms with Crippen LogP contribution in [0.25, 0.3) is 0 Å². The fourth-order valence-electron chi connectivity index (χ4n) is 1.70. The number of hydrogen-bond donors (Lipinski definition) is 0. The zero-order chi connectivity index (χ0) is 15.7. The fraction of sp³-hybridized carbons (Fsp3) is 0.643. The molecule has 1 aromatic heterocycles. The number of ether oxygens (including phenoxy) is 3. The lowest BCUT2D eigenvalue weighted by Crippen LogP contribution is -2.09. The Bertz CT molecular complexity index is 530.